The van der Waals surface area contributed by atoms with Gasteiger partial charge in [0.05, 0.1) is 12.9 Å². The molecular weight excluding hydrogens is 156 g/mol. The van der Waals surface area contributed by atoms with E-state index in [1.165, 1.54) is 7.11 Å². The Morgan fingerprint density at radius 2 is 2.20 bits per heavy atom. The summed E-state index contributed by atoms with van der Waals surface area (Å²) in [6.07, 6.45) is 0.880. The Kier molecular flexibility index (Phi) is 4.06. The second-order valence-corrected chi connectivity index (χ2v) is 3.23. The summed E-state index contributed by atoms with van der Waals surface area (Å²) in [6.45, 7) is 3.25. The smallest absolute Gasteiger partial charge is 0.310 e. The molecule has 0 radical (unpaired) electrons. The quantitative estimate of drug-likeness (QED) is 0.430. The van der Waals surface area contributed by atoms with E-state index >= 15 is 0 Å². The van der Waals surface area contributed by atoms with Crippen molar-refractivity contribution >= 4 is 10.1 Å². The highest BCUT2D eigenvalue weighted by molar-refractivity contribution is 7.86. The predicted molar refractivity (Wildman–Crippen MR) is 36.9 cm³/mol. The molecule has 0 amide bonds. The molecule has 0 heterocycles. The molecule has 0 aliphatic rings. The van der Waals surface area contributed by atoms with Crippen LogP contribution in [0.2, 0.25) is 0 Å². The van der Waals surface area contributed by atoms with E-state index in [0.717, 1.165) is 6.26 Å². The normalized spacial score (nSPS) is 10.9. The van der Waals surface area contributed by atoms with Crippen LogP contribution >= 0.6 is 0 Å². The van der Waals surface area contributed by atoms with Crippen LogP contribution in [-0.4, -0.2) is 27.9 Å². The summed E-state index contributed by atoms with van der Waals surface area (Å²) in [6, 6.07) is 0. The molecule has 60 valence electrons. The van der Waals surface area contributed by atoms with Crippen molar-refractivity contribution in [3.05, 3.63) is 12.8 Å². The Hall–Kier alpha value is -0.550. The van der Waals surface area contributed by atoms with Crippen LogP contribution in [0, 0.1) is 0 Å². The van der Waals surface area contributed by atoms with Gasteiger partial charge in [-0.25, -0.2) is 0 Å². The van der Waals surface area contributed by atoms with E-state index in [0.29, 0.717) is 0 Å². The van der Waals surface area contributed by atoms with E-state index in [-0.39, 0.29) is 12.4 Å². The van der Waals surface area contributed by atoms with Crippen LogP contribution in [-0.2, 0) is 19.0 Å². The molecule has 0 aromatic rings. The van der Waals surface area contributed by atoms with Gasteiger partial charge in [-0.15, -0.1) is 0 Å². The zero-order valence-electron chi connectivity index (χ0n) is 5.74. The summed E-state index contributed by atoms with van der Waals surface area (Å²) in [5, 5.41) is 0. The SMILES string of the molecule is C=COS(=O)(=O)CCOC. The van der Waals surface area contributed by atoms with E-state index in [1.807, 2.05) is 0 Å². The largest absolute Gasteiger partial charge is 0.391 e. The summed E-state index contributed by atoms with van der Waals surface area (Å²) < 4.78 is 29.9. The minimum Gasteiger partial charge on any atom is -0.391 e. The zero-order chi connectivity index (χ0) is 8.04. The lowest BCUT2D eigenvalue weighted by Gasteiger charge is -1.99. The van der Waals surface area contributed by atoms with Gasteiger partial charge in [-0.05, 0) is 0 Å². The fraction of sp³-hybridized carbons (Fsp3) is 0.600. The highest BCUT2D eigenvalue weighted by atomic mass is 32.2. The Morgan fingerprint density at radius 3 is 2.60 bits per heavy atom. The van der Waals surface area contributed by atoms with Crippen LogP contribution in [0.3, 0.4) is 0 Å². The molecule has 5 heteroatoms. The third kappa shape index (κ3) is 4.34. The topological polar surface area (TPSA) is 52.6 Å². The van der Waals surface area contributed by atoms with Crippen LogP contribution in [0.4, 0.5) is 0 Å². The second-order valence-electron chi connectivity index (χ2n) is 1.52. The maximum absolute atomic E-state index is 10.6. The summed E-state index contributed by atoms with van der Waals surface area (Å²) >= 11 is 0. The Balaban J connectivity index is 3.76. The van der Waals surface area contributed by atoms with Crippen molar-refractivity contribution in [3.63, 3.8) is 0 Å². The minimum absolute atomic E-state index is 0.135. The Morgan fingerprint density at radius 1 is 1.60 bits per heavy atom. The molecule has 0 aromatic carbocycles. The molecule has 0 aliphatic carbocycles. The van der Waals surface area contributed by atoms with Crippen molar-refractivity contribution in [2.45, 2.75) is 0 Å². The van der Waals surface area contributed by atoms with Gasteiger partial charge in [-0.2, -0.15) is 8.42 Å². The third-order valence-electron chi connectivity index (χ3n) is 0.752. The van der Waals surface area contributed by atoms with Crippen LogP contribution in [0.15, 0.2) is 12.8 Å². The first-order chi connectivity index (χ1) is 4.62. The third-order valence-corrected chi connectivity index (χ3v) is 1.85. The van der Waals surface area contributed by atoms with Gasteiger partial charge in [0.25, 0.3) is 0 Å². The highest BCUT2D eigenvalue weighted by Gasteiger charge is 2.07. The number of methoxy groups -OCH3 is 1. The maximum atomic E-state index is 10.6. The van der Waals surface area contributed by atoms with Gasteiger partial charge >= 0.3 is 10.1 Å². The number of hydrogen-bond acceptors (Lipinski definition) is 4. The minimum atomic E-state index is -3.44. The molecule has 0 spiro atoms. The molecule has 0 atom stereocenters. The van der Waals surface area contributed by atoms with E-state index in [9.17, 15) is 8.42 Å². The van der Waals surface area contributed by atoms with E-state index in [1.54, 1.807) is 0 Å². The van der Waals surface area contributed by atoms with E-state index < -0.39 is 10.1 Å². The molecule has 0 rings (SSSR count). The summed E-state index contributed by atoms with van der Waals surface area (Å²) in [5.41, 5.74) is 0. The van der Waals surface area contributed by atoms with Crippen molar-refractivity contribution < 1.29 is 17.3 Å². The second kappa shape index (κ2) is 4.29. The number of ether oxygens (including phenoxy) is 1. The van der Waals surface area contributed by atoms with Gasteiger partial charge in [-0.3, -0.25) is 0 Å². The van der Waals surface area contributed by atoms with Crippen molar-refractivity contribution in [1.82, 2.24) is 0 Å². The van der Waals surface area contributed by atoms with Crippen LogP contribution in [0.5, 0.6) is 0 Å². The van der Waals surface area contributed by atoms with Gasteiger partial charge < -0.3 is 8.92 Å². The first kappa shape index (κ1) is 9.45. The Labute approximate surface area is 60.6 Å². The Bertz CT molecular complexity index is 182. The summed E-state index contributed by atoms with van der Waals surface area (Å²) in [7, 11) is -2.02. The van der Waals surface area contributed by atoms with Crippen LogP contribution in [0.25, 0.3) is 0 Å². The van der Waals surface area contributed by atoms with Gasteiger partial charge in [-0.1, -0.05) is 6.58 Å². The monoisotopic (exact) mass is 166 g/mol. The molecule has 0 N–H and O–H groups in total. The molecule has 0 bridgehead atoms. The zero-order valence-corrected chi connectivity index (χ0v) is 6.56. The average Bonchev–Trinajstić information content (AvgIpc) is 1.84. The van der Waals surface area contributed by atoms with Gasteiger partial charge in [0.2, 0.25) is 0 Å². The molecule has 0 aromatic heterocycles. The predicted octanol–water partition coefficient (Wildman–Crippen LogP) is 0.123. The number of rotatable bonds is 5. The molecule has 10 heavy (non-hydrogen) atoms. The van der Waals surface area contributed by atoms with Gasteiger partial charge in [0, 0.05) is 7.11 Å². The lowest BCUT2D eigenvalue weighted by atomic mass is 10.9. The first-order valence-electron chi connectivity index (χ1n) is 2.63. The molecule has 4 nitrogen and oxygen atoms in total. The molecular formula is C5H10O4S. The van der Waals surface area contributed by atoms with Crippen LogP contribution in [0.1, 0.15) is 0 Å². The van der Waals surface area contributed by atoms with Gasteiger partial charge in [0.1, 0.15) is 5.75 Å². The fourth-order valence-corrected chi connectivity index (χ4v) is 1.01. The van der Waals surface area contributed by atoms with Crippen molar-refractivity contribution in [1.29, 1.82) is 0 Å². The van der Waals surface area contributed by atoms with Crippen molar-refractivity contribution in [2.75, 3.05) is 19.5 Å². The lowest BCUT2D eigenvalue weighted by molar-refractivity contribution is 0.215. The average molecular weight is 166 g/mol. The van der Waals surface area contributed by atoms with Crippen molar-refractivity contribution in [3.8, 4) is 0 Å². The molecule has 0 unspecified atom stereocenters. The molecule has 0 saturated heterocycles. The summed E-state index contributed by atoms with van der Waals surface area (Å²) in [4.78, 5) is 0. The summed E-state index contributed by atoms with van der Waals surface area (Å²) in [5.74, 6) is -0.143. The van der Waals surface area contributed by atoms with E-state index in [4.69, 9.17) is 0 Å². The molecule has 0 fully saturated rings. The molecule has 0 aliphatic heterocycles. The maximum Gasteiger partial charge on any atom is 0.310 e. The molecule has 0 saturated carbocycles. The van der Waals surface area contributed by atoms with Crippen LogP contribution < -0.4 is 0 Å². The number of hydrogen-bond donors (Lipinski definition) is 0. The van der Waals surface area contributed by atoms with Gasteiger partial charge in [0.15, 0.2) is 0 Å². The van der Waals surface area contributed by atoms with E-state index in [2.05, 4.69) is 15.5 Å². The first-order valence-corrected chi connectivity index (χ1v) is 4.21. The van der Waals surface area contributed by atoms with Crippen molar-refractivity contribution in [2.24, 2.45) is 0 Å². The highest BCUT2D eigenvalue weighted by Crippen LogP contribution is 1.92. The lowest BCUT2D eigenvalue weighted by Crippen LogP contribution is -2.11. The standard InChI is InChI=1S/C5H10O4S/c1-3-9-10(6,7)5-4-8-2/h3H,1,4-5H2,2H3. The fourth-order valence-electron chi connectivity index (χ4n) is 0.337.